The third-order valence-electron chi connectivity index (χ3n) is 1.98. The molecule has 2 N–H and O–H groups in total. The van der Waals surface area contributed by atoms with Crippen molar-refractivity contribution in [3.8, 4) is 0 Å². The summed E-state index contributed by atoms with van der Waals surface area (Å²) in [5.41, 5.74) is 0. The van der Waals surface area contributed by atoms with E-state index in [4.69, 9.17) is 9.84 Å². The first-order valence-electron chi connectivity index (χ1n) is 4.85. The van der Waals surface area contributed by atoms with Gasteiger partial charge in [0.05, 0.1) is 24.2 Å². The number of amides is 1. The SMILES string of the molecule is O=C(O)CSCC(=O)NC1CCCOC1. The summed E-state index contributed by atoms with van der Waals surface area (Å²) in [6.07, 6.45) is 1.91. The van der Waals surface area contributed by atoms with Gasteiger partial charge in [-0.05, 0) is 12.8 Å². The van der Waals surface area contributed by atoms with E-state index < -0.39 is 5.97 Å². The van der Waals surface area contributed by atoms with Crippen molar-refractivity contribution >= 4 is 23.6 Å². The molecule has 86 valence electrons. The Kier molecular flexibility index (Phi) is 5.49. The van der Waals surface area contributed by atoms with E-state index in [-0.39, 0.29) is 23.5 Å². The lowest BCUT2D eigenvalue weighted by Crippen LogP contribution is -2.41. The van der Waals surface area contributed by atoms with Crippen molar-refractivity contribution in [1.82, 2.24) is 5.32 Å². The summed E-state index contributed by atoms with van der Waals surface area (Å²) in [7, 11) is 0. The maximum absolute atomic E-state index is 11.3. The molecule has 5 nitrogen and oxygen atoms in total. The Bertz CT molecular complexity index is 228. The molecule has 1 aliphatic heterocycles. The van der Waals surface area contributed by atoms with Gasteiger partial charge in [0, 0.05) is 6.61 Å². The van der Waals surface area contributed by atoms with Crippen LogP contribution in [-0.2, 0) is 14.3 Å². The fourth-order valence-electron chi connectivity index (χ4n) is 1.35. The van der Waals surface area contributed by atoms with Gasteiger partial charge >= 0.3 is 5.97 Å². The Morgan fingerprint density at radius 1 is 1.47 bits per heavy atom. The third-order valence-corrected chi connectivity index (χ3v) is 2.90. The minimum absolute atomic E-state index is 0.0331. The van der Waals surface area contributed by atoms with Crippen molar-refractivity contribution in [1.29, 1.82) is 0 Å². The quantitative estimate of drug-likeness (QED) is 0.704. The van der Waals surface area contributed by atoms with Crippen LogP contribution in [0.15, 0.2) is 0 Å². The first-order valence-corrected chi connectivity index (χ1v) is 6.00. The number of carbonyl (C=O) groups excluding carboxylic acids is 1. The average molecular weight is 233 g/mol. The summed E-state index contributed by atoms with van der Waals surface area (Å²) < 4.78 is 5.21. The Hall–Kier alpha value is -0.750. The molecule has 1 fully saturated rings. The molecule has 1 rings (SSSR count). The lowest BCUT2D eigenvalue weighted by molar-refractivity contribution is -0.133. The molecule has 1 amide bonds. The number of ether oxygens (including phenoxy) is 1. The zero-order valence-electron chi connectivity index (χ0n) is 8.40. The fraction of sp³-hybridized carbons (Fsp3) is 0.778. The van der Waals surface area contributed by atoms with E-state index in [1.165, 1.54) is 0 Å². The van der Waals surface area contributed by atoms with Crippen LogP contribution in [-0.4, -0.2) is 47.7 Å². The van der Waals surface area contributed by atoms with Gasteiger partial charge in [0.25, 0.3) is 0 Å². The summed E-state index contributed by atoms with van der Waals surface area (Å²) >= 11 is 1.11. The number of aliphatic carboxylic acids is 1. The minimum Gasteiger partial charge on any atom is -0.481 e. The van der Waals surface area contributed by atoms with Crippen molar-refractivity contribution in [2.24, 2.45) is 0 Å². The Morgan fingerprint density at radius 3 is 2.87 bits per heavy atom. The largest absolute Gasteiger partial charge is 0.481 e. The predicted octanol–water partition coefficient (Wildman–Crippen LogP) is 0.0994. The van der Waals surface area contributed by atoms with Gasteiger partial charge in [-0.2, -0.15) is 0 Å². The maximum atomic E-state index is 11.3. The lowest BCUT2D eigenvalue weighted by atomic mass is 10.1. The highest BCUT2D eigenvalue weighted by Gasteiger charge is 2.15. The second kappa shape index (κ2) is 6.68. The van der Waals surface area contributed by atoms with Gasteiger partial charge in [-0.25, -0.2) is 0 Å². The molecule has 0 bridgehead atoms. The predicted molar refractivity (Wildman–Crippen MR) is 56.9 cm³/mol. The number of hydrogen-bond acceptors (Lipinski definition) is 4. The van der Waals surface area contributed by atoms with Crippen molar-refractivity contribution < 1.29 is 19.4 Å². The highest BCUT2D eigenvalue weighted by Crippen LogP contribution is 2.06. The number of carboxylic acids is 1. The molecule has 1 heterocycles. The Labute approximate surface area is 92.6 Å². The van der Waals surface area contributed by atoms with E-state index in [0.717, 1.165) is 31.2 Å². The topological polar surface area (TPSA) is 75.6 Å². The Morgan fingerprint density at radius 2 is 2.27 bits per heavy atom. The van der Waals surface area contributed by atoms with Gasteiger partial charge in [-0.1, -0.05) is 0 Å². The molecule has 1 atom stereocenters. The van der Waals surface area contributed by atoms with Crippen LogP contribution < -0.4 is 5.32 Å². The van der Waals surface area contributed by atoms with Gasteiger partial charge < -0.3 is 15.2 Å². The van der Waals surface area contributed by atoms with Gasteiger partial charge in [-0.15, -0.1) is 11.8 Å². The molecular weight excluding hydrogens is 218 g/mol. The molecule has 0 aromatic carbocycles. The molecule has 0 saturated carbocycles. The molecule has 0 aromatic rings. The van der Waals surface area contributed by atoms with Crippen LogP contribution in [0.1, 0.15) is 12.8 Å². The molecular formula is C9H15NO4S. The number of hydrogen-bond donors (Lipinski definition) is 2. The average Bonchev–Trinajstić information content (AvgIpc) is 2.18. The molecule has 6 heteroatoms. The van der Waals surface area contributed by atoms with Crippen LogP contribution in [0, 0.1) is 0 Å². The van der Waals surface area contributed by atoms with Crippen LogP contribution in [0.2, 0.25) is 0 Å². The maximum Gasteiger partial charge on any atom is 0.313 e. The third kappa shape index (κ3) is 5.64. The molecule has 0 spiro atoms. The first kappa shape index (κ1) is 12.3. The Balaban J connectivity index is 2.09. The van der Waals surface area contributed by atoms with Crippen LogP contribution in [0.25, 0.3) is 0 Å². The van der Waals surface area contributed by atoms with Crippen LogP contribution in [0.4, 0.5) is 0 Å². The lowest BCUT2D eigenvalue weighted by Gasteiger charge is -2.22. The number of nitrogens with one attached hydrogen (secondary N) is 1. The molecule has 1 aliphatic rings. The van der Waals surface area contributed by atoms with E-state index in [2.05, 4.69) is 5.32 Å². The highest BCUT2D eigenvalue weighted by atomic mass is 32.2. The summed E-state index contributed by atoms with van der Waals surface area (Å²) in [5.74, 6) is -0.845. The monoisotopic (exact) mass is 233 g/mol. The molecule has 1 saturated heterocycles. The van der Waals surface area contributed by atoms with Gasteiger partial charge in [0.15, 0.2) is 0 Å². The standard InChI is InChI=1S/C9H15NO4S/c11-8(5-15-6-9(12)13)10-7-2-1-3-14-4-7/h7H,1-6H2,(H,10,11)(H,12,13). The zero-order chi connectivity index (χ0) is 11.1. The van der Waals surface area contributed by atoms with Crippen LogP contribution in [0.3, 0.4) is 0 Å². The van der Waals surface area contributed by atoms with E-state index in [1.807, 2.05) is 0 Å². The number of carboxylic acid groups (broad SMARTS) is 1. The summed E-state index contributed by atoms with van der Waals surface area (Å²) in [6.45, 7) is 1.33. The zero-order valence-corrected chi connectivity index (χ0v) is 9.22. The number of rotatable bonds is 5. The van der Waals surface area contributed by atoms with Gasteiger partial charge in [0.2, 0.25) is 5.91 Å². The summed E-state index contributed by atoms with van der Waals surface area (Å²) in [5, 5.41) is 11.2. The fourth-order valence-corrected chi connectivity index (χ4v) is 1.90. The van der Waals surface area contributed by atoms with Crippen molar-refractivity contribution in [2.45, 2.75) is 18.9 Å². The molecule has 0 radical (unpaired) electrons. The highest BCUT2D eigenvalue weighted by molar-refractivity contribution is 8.00. The van der Waals surface area contributed by atoms with E-state index in [9.17, 15) is 9.59 Å². The molecule has 0 aliphatic carbocycles. The van der Waals surface area contributed by atoms with Crippen molar-refractivity contribution in [3.63, 3.8) is 0 Å². The molecule has 0 aromatic heterocycles. The smallest absolute Gasteiger partial charge is 0.313 e. The van der Waals surface area contributed by atoms with E-state index >= 15 is 0 Å². The second-order valence-corrected chi connectivity index (χ2v) is 4.35. The number of thioether (sulfide) groups is 1. The van der Waals surface area contributed by atoms with Crippen LogP contribution >= 0.6 is 11.8 Å². The molecule has 1 unspecified atom stereocenters. The van der Waals surface area contributed by atoms with Crippen molar-refractivity contribution in [3.05, 3.63) is 0 Å². The molecule has 15 heavy (non-hydrogen) atoms. The minimum atomic E-state index is -0.895. The normalized spacial score (nSPS) is 20.9. The summed E-state index contributed by atoms with van der Waals surface area (Å²) in [4.78, 5) is 21.5. The van der Waals surface area contributed by atoms with Crippen molar-refractivity contribution in [2.75, 3.05) is 24.7 Å². The van der Waals surface area contributed by atoms with E-state index in [0.29, 0.717) is 6.61 Å². The van der Waals surface area contributed by atoms with Crippen LogP contribution in [0.5, 0.6) is 0 Å². The van der Waals surface area contributed by atoms with Gasteiger partial charge in [-0.3, -0.25) is 9.59 Å². The summed E-state index contributed by atoms with van der Waals surface area (Å²) in [6, 6.07) is 0.0941. The second-order valence-electron chi connectivity index (χ2n) is 3.37. The van der Waals surface area contributed by atoms with E-state index in [1.54, 1.807) is 0 Å². The number of carbonyl (C=O) groups is 2. The first-order chi connectivity index (χ1) is 7.18. The van der Waals surface area contributed by atoms with Gasteiger partial charge in [0.1, 0.15) is 0 Å².